The first kappa shape index (κ1) is 17.9. The molecule has 0 atom stereocenters. The summed E-state index contributed by atoms with van der Waals surface area (Å²) in [6.07, 6.45) is 0. The molecule has 0 radical (unpaired) electrons. The monoisotopic (exact) mass is 331 g/mol. The Morgan fingerprint density at radius 3 is 2.59 bits per heavy atom. The molecule has 122 valence electrons. The molecule has 0 fully saturated rings. The van der Waals surface area contributed by atoms with Crippen LogP contribution >= 0.6 is 0 Å². The molecule has 0 aliphatic rings. The summed E-state index contributed by atoms with van der Waals surface area (Å²) in [5.74, 6) is -1.94. The van der Waals surface area contributed by atoms with Crippen LogP contribution in [0.5, 0.6) is 5.75 Å². The molecular formula is C12H17N3O6S. The first-order valence-electron chi connectivity index (χ1n) is 6.22. The maximum atomic E-state index is 11.9. The third-order valence-corrected chi connectivity index (χ3v) is 3.97. The van der Waals surface area contributed by atoms with E-state index in [2.05, 4.69) is 10.0 Å². The van der Waals surface area contributed by atoms with Gasteiger partial charge in [0.25, 0.3) is 5.91 Å². The highest BCUT2D eigenvalue weighted by Gasteiger charge is 2.19. The van der Waals surface area contributed by atoms with E-state index in [9.17, 15) is 18.0 Å². The van der Waals surface area contributed by atoms with E-state index in [1.165, 1.54) is 19.2 Å². The molecule has 0 aliphatic carbocycles. The minimum absolute atomic E-state index is 0.0183. The van der Waals surface area contributed by atoms with Crippen LogP contribution in [0.15, 0.2) is 23.1 Å². The van der Waals surface area contributed by atoms with Crippen LogP contribution in [0.25, 0.3) is 0 Å². The number of carbonyl (C=O) groups is 2. The summed E-state index contributed by atoms with van der Waals surface area (Å²) in [6.45, 7) is -0.267. The maximum absolute atomic E-state index is 11.9. The van der Waals surface area contributed by atoms with Gasteiger partial charge >= 0.3 is 5.97 Å². The molecule has 0 aromatic heterocycles. The number of nitrogens with one attached hydrogen (secondary N) is 2. The Hall–Kier alpha value is -2.17. The Labute approximate surface area is 127 Å². The van der Waals surface area contributed by atoms with Gasteiger partial charge in [-0.15, -0.1) is 0 Å². The van der Waals surface area contributed by atoms with Gasteiger partial charge in [-0.25, -0.2) is 17.9 Å². The van der Waals surface area contributed by atoms with Crippen molar-refractivity contribution in [2.24, 2.45) is 5.73 Å². The third kappa shape index (κ3) is 4.69. The normalized spacial score (nSPS) is 11.0. The smallest absolute Gasteiger partial charge is 0.341 e. The molecule has 1 amide bonds. The van der Waals surface area contributed by atoms with Gasteiger partial charge in [0.05, 0.1) is 10.5 Å². The molecule has 0 bridgehead atoms. The number of ether oxygens (including phenoxy) is 1. The van der Waals surface area contributed by atoms with Gasteiger partial charge in [0.1, 0.15) is 5.75 Å². The van der Waals surface area contributed by atoms with Gasteiger partial charge in [0, 0.05) is 19.2 Å². The standard InChI is InChI=1S/C12H17N3O6S/c1-14-22(19,20)8-2-3-9(12(18)15-5-4-13)10(6-8)21-7-11(16)17/h2-3,6,14H,4-5,7,13H2,1H3,(H,15,18)(H,16,17). The van der Waals surface area contributed by atoms with Crippen LogP contribution in [-0.2, 0) is 14.8 Å². The Balaban J connectivity index is 3.20. The van der Waals surface area contributed by atoms with Crippen molar-refractivity contribution in [3.63, 3.8) is 0 Å². The number of nitrogens with two attached hydrogens (primary N) is 1. The van der Waals surface area contributed by atoms with Crippen molar-refractivity contribution in [3.8, 4) is 5.75 Å². The molecule has 22 heavy (non-hydrogen) atoms. The zero-order chi connectivity index (χ0) is 16.8. The summed E-state index contributed by atoms with van der Waals surface area (Å²) in [5, 5.41) is 11.1. The number of carbonyl (C=O) groups excluding carboxylic acids is 1. The number of amides is 1. The van der Waals surface area contributed by atoms with Crippen LogP contribution in [0.4, 0.5) is 0 Å². The van der Waals surface area contributed by atoms with Gasteiger partial charge in [0.15, 0.2) is 6.61 Å². The van der Waals surface area contributed by atoms with Crippen molar-refractivity contribution in [1.29, 1.82) is 0 Å². The average molecular weight is 331 g/mol. The molecule has 10 heteroatoms. The van der Waals surface area contributed by atoms with Gasteiger partial charge in [-0.3, -0.25) is 4.79 Å². The Morgan fingerprint density at radius 1 is 1.36 bits per heavy atom. The van der Waals surface area contributed by atoms with E-state index < -0.39 is 28.5 Å². The predicted molar refractivity (Wildman–Crippen MR) is 77.2 cm³/mol. The highest BCUT2D eigenvalue weighted by Crippen LogP contribution is 2.23. The molecule has 1 rings (SSSR count). The molecule has 9 nitrogen and oxygen atoms in total. The lowest BCUT2D eigenvalue weighted by Crippen LogP contribution is -2.29. The quantitative estimate of drug-likeness (QED) is 0.465. The van der Waals surface area contributed by atoms with Crippen molar-refractivity contribution >= 4 is 21.9 Å². The first-order valence-corrected chi connectivity index (χ1v) is 7.70. The highest BCUT2D eigenvalue weighted by molar-refractivity contribution is 7.89. The van der Waals surface area contributed by atoms with Crippen LogP contribution in [0.2, 0.25) is 0 Å². The largest absolute Gasteiger partial charge is 0.481 e. The fourth-order valence-corrected chi connectivity index (χ4v) is 2.26. The molecule has 1 aromatic carbocycles. The van der Waals surface area contributed by atoms with Gasteiger partial charge < -0.3 is 20.9 Å². The van der Waals surface area contributed by atoms with Gasteiger partial charge in [-0.1, -0.05) is 0 Å². The van der Waals surface area contributed by atoms with E-state index in [0.717, 1.165) is 6.07 Å². The van der Waals surface area contributed by atoms with Crippen LogP contribution in [0, 0.1) is 0 Å². The summed E-state index contributed by atoms with van der Waals surface area (Å²) >= 11 is 0. The topological polar surface area (TPSA) is 148 Å². The molecule has 0 aliphatic heterocycles. The lowest BCUT2D eigenvalue weighted by molar-refractivity contribution is -0.139. The van der Waals surface area contributed by atoms with Crippen molar-refractivity contribution in [3.05, 3.63) is 23.8 Å². The number of carboxylic acids is 1. The van der Waals surface area contributed by atoms with Crippen molar-refractivity contribution in [2.75, 3.05) is 26.7 Å². The summed E-state index contributed by atoms with van der Waals surface area (Å²) in [7, 11) is -2.52. The Morgan fingerprint density at radius 2 is 2.05 bits per heavy atom. The summed E-state index contributed by atoms with van der Waals surface area (Å²) < 4.78 is 30.6. The fraction of sp³-hybridized carbons (Fsp3) is 0.333. The molecular weight excluding hydrogens is 314 g/mol. The van der Waals surface area contributed by atoms with Crippen LogP contribution in [0.1, 0.15) is 10.4 Å². The second-order valence-electron chi connectivity index (χ2n) is 4.09. The van der Waals surface area contributed by atoms with Gasteiger partial charge in [0.2, 0.25) is 10.0 Å². The zero-order valence-electron chi connectivity index (χ0n) is 11.8. The summed E-state index contributed by atoms with van der Waals surface area (Å²) in [6, 6.07) is 3.55. The minimum atomic E-state index is -3.75. The fourth-order valence-electron chi connectivity index (χ4n) is 1.52. The van der Waals surface area contributed by atoms with Gasteiger partial charge in [-0.05, 0) is 19.2 Å². The van der Waals surface area contributed by atoms with Crippen LogP contribution in [-0.4, -0.2) is 52.1 Å². The first-order chi connectivity index (χ1) is 10.3. The van der Waals surface area contributed by atoms with Crippen molar-refractivity contribution < 1.29 is 27.9 Å². The number of benzene rings is 1. The van der Waals surface area contributed by atoms with Crippen LogP contribution < -0.4 is 20.5 Å². The Bertz CT molecular complexity index is 659. The lowest BCUT2D eigenvalue weighted by Gasteiger charge is -2.12. The maximum Gasteiger partial charge on any atom is 0.341 e. The van der Waals surface area contributed by atoms with E-state index in [-0.39, 0.29) is 29.3 Å². The molecule has 0 heterocycles. The van der Waals surface area contributed by atoms with Crippen molar-refractivity contribution in [2.45, 2.75) is 4.90 Å². The number of aliphatic carboxylic acids is 1. The van der Waals surface area contributed by atoms with E-state index in [1.807, 2.05) is 0 Å². The van der Waals surface area contributed by atoms with Crippen LogP contribution in [0.3, 0.4) is 0 Å². The number of hydrogen-bond donors (Lipinski definition) is 4. The minimum Gasteiger partial charge on any atom is -0.481 e. The molecule has 0 saturated heterocycles. The zero-order valence-corrected chi connectivity index (χ0v) is 12.6. The molecule has 0 spiro atoms. The second-order valence-corrected chi connectivity index (χ2v) is 5.98. The van der Waals surface area contributed by atoms with Crippen molar-refractivity contribution in [1.82, 2.24) is 10.0 Å². The molecule has 5 N–H and O–H groups in total. The molecule has 1 aromatic rings. The molecule has 0 saturated carbocycles. The molecule has 0 unspecified atom stereocenters. The third-order valence-electron chi connectivity index (χ3n) is 2.56. The average Bonchev–Trinajstić information content (AvgIpc) is 2.50. The Kier molecular flexibility index (Phi) is 6.28. The van der Waals surface area contributed by atoms with Gasteiger partial charge in [-0.2, -0.15) is 0 Å². The van der Waals surface area contributed by atoms with E-state index >= 15 is 0 Å². The number of carboxylic acid groups (broad SMARTS) is 1. The SMILES string of the molecule is CNS(=O)(=O)c1ccc(C(=O)NCCN)c(OCC(=O)O)c1. The predicted octanol–water partition coefficient (Wildman–Crippen LogP) is -1.25. The number of sulfonamides is 1. The summed E-state index contributed by atoms with van der Waals surface area (Å²) in [5.41, 5.74) is 5.30. The van der Waals surface area contributed by atoms with E-state index in [4.69, 9.17) is 15.6 Å². The van der Waals surface area contributed by atoms with E-state index in [1.54, 1.807) is 0 Å². The number of rotatable bonds is 8. The lowest BCUT2D eigenvalue weighted by atomic mass is 10.2. The van der Waals surface area contributed by atoms with E-state index in [0.29, 0.717) is 0 Å². The highest BCUT2D eigenvalue weighted by atomic mass is 32.2. The summed E-state index contributed by atoms with van der Waals surface area (Å²) in [4.78, 5) is 22.4. The number of hydrogen-bond acceptors (Lipinski definition) is 6. The second kappa shape index (κ2) is 7.73.